The first-order valence-corrected chi connectivity index (χ1v) is 9.06. The van der Waals surface area contributed by atoms with Crippen molar-refractivity contribution in [2.75, 3.05) is 6.26 Å². The number of fused-ring (bicyclic) bond motifs is 1. The third kappa shape index (κ3) is 2.80. The van der Waals surface area contributed by atoms with Crippen molar-refractivity contribution >= 4 is 22.7 Å². The minimum atomic E-state index is -0.466. The summed E-state index contributed by atoms with van der Waals surface area (Å²) in [5.74, 6) is 0.0431. The molecule has 2 aromatic carbocycles. The molecular weight excluding hydrogens is 353 g/mol. The van der Waals surface area contributed by atoms with E-state index in [1.807, 2.05) is 30.5 Å². The molecule has 26 heavy (non-hydrogen) atoms. The van der Waals surface area contributed by atoms with E-state index in [2.05, 4.69) is 10.1 Å². The fourth-order valence-corrected chi connectivity index (χ4v) is 3.22. The first kappa shape index (κ1) is 16.5. The molecule has 0 saturated carbocycles. The van der Waals surface area contributed by atoms with Gasteiger partial charge in [-0.05, 0) is 48.7 Å². The highest BCUT2D eigenvalue weighted by atomic mass is 32.2. The van der Waals surface area contributed by atoms with Gasteiger partial charge in [-0.15, -0.1) is 11.8 Å². The predicted octanol–water partition coefficient (Wildman–Crippen LogP) is 4.12. The van der Waals surface area contributed by atoms with Crippen LogP contribution in [0, 0.1) is 5.82 Å². The molecule has 0 bridgehead atoms. The molecule has 0 fully saturated rings. The maximum absolute atomic E-state index is 13.6. The van der Waals surface area contributed by atoms with Crippen LogP contribution in [0.2, 0.25) is 0 Å². The summed E-state index contributed by atoms with van der Waals surface area (Å²) in [6.07, 6.45) is 3.62. The number of thioether (sulfide) groups is 1. The Labute approximate surface area is 152 Å². The maximum Gasteiger partial charge on any atom is 0.263 e. The van der Waals surface area contributed by atoms with E-state index in [0.29, 0.717) is 11.3 Å². The number of pyridine rings is 1. The number of hydrogen-bond acceptors (Lipinski definition) is 5. The lowest BCUT2D eigenvalue weighted by Gasteiger charge is -2.06. The van der Waals surface area contributed by atoms with Gasteiger partial charge in [0.1, 0.15) is 11.4 Å². The summed E-state index contributed by atoms with van der Waals surface area (Å²) in [6.45, 7) is 0. The molecule has 5 nitrogen and oxygen atoms in total. The zero-order chi connectivity index (χ0) is 18.3. The van der Waals surface area contributed by atoms with Gasteiger partial charge in [0, 0.05) is 29.1 Å². The van der Waals surface area contributed by atoms with Crippen LogP contribution in [0.1, 0.15) is 0 Å². The maximum atomic E-state index is 13.6. The Balaban J connectivity index is 1.82. The molecule has 2 aromatic heterocycles. The van der Waals surface area contributed by atoms with Gasteiger partial charge in [-0.3, -0.25) is 4.79 Å². The summed E-state index contributed by atoms with van der Waals surface area (Å²) < 4.78 is 20.6. The average molecular weight is 367 g/mol. The van der Waals surface area contributed by atoms with E-state index in [0.717, 1.165) is 10.5 Å². The third-order valence-electron chi connectivity index (χ3n) is 4.16. The lowest BCUT2D eigenvalue weighted by Crippen LogP contribution is -2.10. The van der Waals surface area contributed by atoms with E-state index < -0.39 is 5.82 Å². The quantitative estimate of drug-likeness (QED) is 0.510. The number of nitrogens with zero attached hydrogens (tertiary/aromatic N) is 3. The molecule has 0 radical (unpaired) electrons. The van der Waals surface area contributed by atoms with E-state index in [4.69, 9.17) is 4.52 Å². The van der Waals surface area contributed by atoms with Gasteiger partial charge in [-0.25, -0.2) is 4.39 Å². The number of aryl methyl sites for hydroxylation is 1. The van der Waals surface area contributed by atoms with Crippen molar-refractivity contribution < 1.29 is 8.91 Å². The Morgan fingerprint density at radius 1 is 1.15 bits per heavy atom. The molecule has 0 aliphatic rings. The van der Waals surface area contributed by atoms with Crippen LogP contribution in [0.4, 0.5) is 4.39 Å². The molecule has 0 atom stereocenters. The summed E-state index contributed by atoms with van der Waals surface area (Å²) in [5, 5.41) is 4.24. The van der Waals surface area contributed by atoms with Gasteiger partial charge in [-0.1, -0.05) is 5.16 Å². The van der Waals surface area contributed by atoms with Crippen molar-refractivity contribution in [2.24, 2.45) is 7.05 Å². The Bertz CT molecular complexity index is 1170. The van der Waals surface area contributed by atoms with Crippen molar-refractivity contribution in [1.82, 2.24) is 14.7 Å². The molecule has 4 aromatic rings. The molecule has 0 aliphatic heterocycles. The van der Waals surface area contributed by atoms with Crippen LogP contribution in [0.25, 0.3) is 33.7 Å². The Kier molecular flexibility index (Phi) is 4.08. The van der Waals surface area contributed by atoms with E-state index in [-0.39, 0.29) is 22.3 Å². The van der Waals surface area contributed by atoms with Gasteiger partial charge in [0.15, 0.2) is 0 Å². The van der Waals surface area contributed by atoms with Crippen molar-refractivity contribution in [1.29, 1.82) is 0 Å². The zero-order valence-corrected chi connectivity index (χ0v) is 14.9. The summed E-state index contributed by atoms with van der Waals surface area (Å²) in [5.41, 5.74) is 1.32. The largest absolute Gasteiger partial charge is 0.350 e. The second-order valence-corrected chi connectivity index (χ2v) is 6.68. The summed E-state index contributed by atoms with van der Waals surface area (Å²) >= 11 is 1.64. The predicted molar refractivity (Wildman–Crippen MR) is 99.7 cm³/mol. The summed E-state index contributed by atoms with van der Waals surface area (Å²) in [7, 11) is 1.78. The van der Waals surface area contributed by atoms with Gasteiger partial charge in [-0.2, -0.15) is 4.98 Å². The van der Waals surface area contributed by atoms with Gasteiger partial charge in [0.2, 0.25) is 11.3 Å². The van der Waals surface area contributed by atoms with Crippen LogP contribution >= 0.6 is 11.8 Å². The fourth-order valence-electron chi connectivity index (χ4n) is 2.81. The minimum absolute atomic E-state index is 0.112. The normalized spacial score (nSPS) is 11.2. The standard InChI is InChI=1S/C19H14FN3O2S/c1-23-10-15(17(24)14-9-12(20)5-8-16(14)23)19-21-18(22-25-19)11-3-6-13(26-2)7-4-11/h3-10H,1-2H3. The molecule has 0 amide bonds. The van der Waals surface area contributed by atoms with Crippen LogP contribution < -0.4 is 5.43 Å². The molecule has 0 N–H and O–H groups in total. The number of benzene rings is 2. The number of hydrogen-bond donors (Lipinski definition) is 0. The topological polar surface area (TPSA) is 60.9 Å². The summed E-state index contributed by atoms with van der Waals surface area (Å²) in [4.78, 5) is 18.2. The Morgan fingerprint density at radius 2 is 1.92 bits per heavy atom. The second-order valence-electron chi connectivity index (χ2n) is 5.80. The minimum Gasteiger partial charge on any atom is -0.350 e. The van der Waals surface area contributed by atoms with Gasteiger partial charge in [0.05, 0.1) is 5.52 Å². The zero-order valence-electron chi connectivity index (χ0n) is 14.1. The molecule has 7 heteroatoms. The highest BCUT2D eigenvalue weighted by molar-refractivity contribution is 7.98. The van der Waals surface area contributed by atoms with Crippen LogP contribution in [-0.2, 0) is 7.05 Å². The van der Waals surface area contributed by atoms with Crippen molar-refractivity contribution in [3.05, 3.63) is 64.7 Å². The van der Waals surface area contributed by atoms with Gasteiger partial charge >= 0.3 is 0 Å². The number of aromatic nitrogens is 3. The SMILES string of the molecule is CSc1ccc(-c2noc(-c3cn(C)c4ccc(F)cc4c3=O)n2)cc1. The van der Waals surface area contributed by atoms with Crippen molar-refractivity contribution in [2.45, 2.75) is 4.90 Å². The highest BCUT2D eigenvalue weighted by Crippen LogP contribution is 2.24. The molecular formula is C19H14FN3O2S. The third-order valence-corrected chi connectivity index (χ3v) is 4.90. The smallest absolute Gasteiger partial charge is 0.263 e. The van der Waals surface area contributed by atoms with Crippen LogP contribution in [-0.4, -0.2) is 21.0 Å². The van der Waals surface area contributed by atoms with E-state index in [1.165, 1.54) is 12.1 Å². The molecule has 0 saturated heterocycles. The van der Waals surface area contributed by atoms with Crippen LogP contribution in [0.3, 0.4) is 0 Å². The lowest BCUT2D eigenvalue weighted by atomic mass is 10.1. The number of rotatable bonds is 3. The molecule has 0 aliphatic carbocycles. The second kappa shape index (κ2) is 6.42. The molecule has 130 valence electrons. The van der Waals surface area contributed by atoms with Gasteiger partial charge in [0.25, 0.3) is 5.89 Å². The molecule has 0 unspecified atom stereocenters. The van der Waals surface area contributed by atoms with E-state index >= 15 is 0 Å². The van der Waals surface area contributed by atoms with Gasteiger partial charge < -0.3 is 9.09 Å². The summed E-state index contributed by atoms with van der Waals surface area (Å²) in [6, 6.07) is 11.8. The lowest BCUT2D eigenvalue weighted by molar-refractivity contribution is 0.432. The van der Waals surface area contributed by atoms with Crippen molar-refractivity contribution in [3.8, 4) is 22.8 Å². The van der Waals surface area contributed by atoms with Crippen LogP contribution in [0.5, 0.6) is 0 Å². The van der Waals surface area contributed by atoms with E-state index in [1.54, 1.807) is 35.6 Å². The molecule has 2 heterocycles. The number of halogens is 1. The Hall–Kier alpha value is -2.93. The first-order chi connectivity index (χ1) is 12.6. The molecule has 4 rings (SSSR count). The van der Waals surface area contributed by atoms with Crippen LogP contribution in [0.15, 0.2) is 62.9 Å². The molecule has 0 spiro atoms. The fraction of sp³-hybridized carbons (Fsp3) is 0.105. The Morgan fingerprint density at radius 3 is 2.65 bits per heavy atom. The van der Waals surface area contributed by atoms with Crippen molar-refractivity contribution in [3.63, 3.8) is 0 Å². The van der Waals surface area contributed by atoms with E-state index in [9.17, 15) is 9.18 Å². The first-order valence-electron chi connectivity index (χ1n) is 7.84. The average Bonchev–Trinajstić information content (AvgIpc) is 3.14. The monoisotopic (exact) mass is 367 g/mol. The highest BCUT2D eigenvalue weighted by Gasteiger charge is 2.17.